The summed E-state index contributed by atoms with van der Waals surface area (Å²) in [6.45, 7) is 0. The molecule has 0 aliphatic carbocycles. The Bertz CT molecular complexity index is 354. The molecule has 70 valence electrons. The van der Waals surface area contributed by atoms with Crippen molar-refractivity contribution >= 4 is 27.6 Å². The minimum Gasteiger partial charge on any atom is -0.465 e. The number of nitrogens with two attached hydrogens (primary N) is 1. The van der Waals surface area contributed by atoms with Gasteiger partial charge in [0, 0.05) is 0 Å². The Morgan fingerprint density at radius 3 is 2.77 bits per heavy atom. The van der Waals surface area contributed by atoms with Gasteiger partial charge in [-0.1, -0.05) is 0 Å². The van der Waals surface area contributed by atoms with Gasteiger partial charge in [-0.3, -0.25) is 0 Å². The van der Waals surface area contributed by atoms with Crippen molar-refractivity contribution in [1.82, 2.24) is 0 Å². The Hall–Kier alpha value is -1.10. The first-order valence-electron chi connectivity index (χ1n) is 3.39. The molecule has 0 unspecified atom stereocenters. The first-order chi connectivity index (χ1) is 6.07. The molecule has 0 aliphatic rings. The number of rotatable bonds is 1. The summed E-state index contributed by atoms with van der Waals surface area (Å²) in [6, 6.07) is 2.80. The second-order valence-electron chi connectivity index (χ2n) is 2.31. The Morgan fingerprint density at radius 2 is 2.23 bits per heavy atom. The number of anilines is 1. The summed E-state index contributed by atoms with van der Waals surface area (Å²) in [5, 5.41) is 0. The van der Waals surface area contributed by atoms with Crippen molar-refractivity contribution in [3.05, 3.63) is 28.0 Å². The minimum absolute atomic E-state index is 0.0307. The Balaban J connectivity index is 3.26. The topological polar surface area (TPSA) is 52.3 Å². The number of carbonyl (C=O) groups is 1. The van der Waals surface area contributed by atoms with Gasteiger partial charge in [0.2, 0.25) is 0 Å². The zero-order valence-electron chi connectivity index (χ0n) is 6.80. The van der Waals surface area contributed by atoms with E-state index in [9.17, 15) is 9.18 Å². The van der Waals surface area contributed by atoms with Crippen molar-refractivity contribution in [1.29, 1.82) is 0 Å². The fourth-order valence-corrected chi connectivity index (χ4v) is 1.20. The third-order valence-corrected chi connectivity index (χ3v) is 2.15. The number of carbonyl (C=O) groups excluding carboxylic acids is 1. The molecule has 0 amide bonds. The molecule has 3 nitrogen and oxygen atoms in total. The predicted molar refractivity (Wildman–Crippen MR) is 49.9 cm³/mol. The van der Waals surface area contributed by atoms with Crippen LogP contribution in [0.25, 0.3) is 0 Å². The SMILES string of the molecule is COC(=O)c1ccc(Br)c(F)c1N. The van der Waals surface area contributed by atoms with Gasteiger partial charge < -0.3 is 10.5 Å². The molecule has 0 saturated heterocycles. The van der Waals surface area contributed by atoms with E-state index in [4.69, 9.17) is 5.73 Å². The molecule has 0 fully saturated rings. The molecule has 0 spiro atoms. The van der Waals surface area contributed by atoms with Crippen molar-refractivity contribution in [2.75, 3.05) is 12.8 Å². The fourth-order valence-electron chi connectivity index (χ4n) is 0.854. The molecule has 0 bridgehead atoms. The summed E-state index contributed by atoms with van der Waals surface area (Å²) in [4.78, 5) is 11.0. The molecule has 0 aliphatic heterocycles. The van der Waals surface area contributed by atoms with Crippen LogP contribution in [0.5, 0.6) is 0 Å². The van der Waals surface area contributed by atoms with Crippen molar-refractivity contribution in [2.24, 2.45) is 0 Å². The molecule has 0 heterocycles. The van der Waals surface area contributed by atoms with Crippen LogP contribution >= 0.6 is 15.9 Å². The van der Waals surface area contributed by atoms with E-state index in [0.29, 0.717) is 0 Å². The first kappa shape index (κ1) is 9.98. The van der Waals surface area contributed by atoms with Gasteiger partial charge in [-0.2, -0.15) is 0 Å². The van der Waals surface area contributed by atoms with Crippen LogP contribution in [0.3, 0.4) is 0 Å². The normalized spacial score (nSPS) is 9.77. The van der Waals surface area contributed by atoms with Crippen LogP contribution in [-0.2, 0) is 4.74 Å². The van der Waals surface area contributed by atoms with Gasteiger partial charge >= 0.3 is 5.97 Å². The summed E-state index contributed by atoms with van der Waals surface area (Å²) in [6.07, 6.45) is 0. The van der Waals surface area contributed by atoms with Crippen molar-refractivity contribution in [2.45, 2.75) is 0 Å². The number of ether oxygens (including phenoxy) is 1. The molecule has 1 aromatic rings. The van der Waals surface area contributed by atoms with E-state index in [-0.39, 0.29) is 15.7 Å². The van der Waals surface area contributed by atoms with Gasteiger partial charge in [0.05, 0.1) is 22.8 Å². The molecular weight excluding hydrogens is 241 g/mol. The Labute approximate surface area is 82.8 Å². The highest BCUT2D eigenvalue weighted by Gasteiger charge is 2.14. The highest BCUT2D eigenvalue weighted by molar-refractivity contribution is 9.10. The molecule has 5 heteroatoms. The second-order valence-corrected chi connectivity index (χ2v) is 3.17. The number of hydrogen-bond donors (Lipinski definition) is 1. The smallest absolute Gasteiger partial charge is 0.340 e. The molecule has 0 aromatic heterocycles. The van der Waals surface area contributed by atoms with Crippen molar-refractivity contribution in [3.8, 4) is 0 Å². The van der Waals surface area contributed by atoms with Crippen LogP contribution in [-0.4, -0.2) is 13.1 Å². The minimum atomic E-state index is -0.650. The number of esters is 1. The molecule has 0 saturated carbocycles. The molecule has 13 heavy (non-hydrogen) atoms. The first-order valence-corrected chi connectivity index (χ1v) is 4.19. The lowest BCUT2D eigenvalue weighted by atomic mass is 10.2. The second kappa shape index (κ2) is 3.74. The summed E-state index contributed by atoms with van der Waals surface area (Å²) in [5.74, 6) is -1.30. The number of hydrogen-bond acceptors (Lipinski definition) is 3. The molecule has 2 N–H and O–H groups in total. The zero-order chi connectivity index (χ0) is 10.0. The van der Waals surface area contributed by atoms with Crippen LogP contribution in [0.15, 0.2) is 16.6 Å². The van der Waals surface area contributed by atoms with E-state index < -0.39 is 11.8 Å². The Kier molecular flexibility index (Phi) is 2.87. The number of methoxy groups -OCH3 is 1. The average Bonchev–Trinajstić information content (AvgIpc) is 2.13. The van der Waals surface area contributed by atoms with Gasteiger partial charge in [0.1, 0.15) is 0 Å². The Morgan fingerprint density at radius 1 is 1.62 bits per heavy atom. The quantitative estimate of drug-likeness (QED) is 0.610. The maximum atomic E-state index is 13.1. The van der Waals surface area contributed by atoms with Crippen LogP contribution < -0.4 is 5.73 Å². The summed E-state index contributed by atoms with van der Waals surface area (Å²) in [7, 11) is 1.21. The standard InChI is InChI=1S/C8H7BrFNO2/c1-13-8(12)4-2-3-5(9)6(10)7(4)11/h2-3H,11H2,1H3. The lowest BCUT2D eigenvalue weighted by molar-refractivity contribution is 0.0601. The van der Waals surface area contributed by atoms with E-state index in [0.717, 1.165) is 0 Å². The molecule has 0 radical (unpaired) electrons. The van der Waals surface area contributed by atoms with E-state index in [1.165, 1.54) is 19.2 Å². The third-order valence-electron chi connectivity index (χ3n) is 1.54. The van der Waals surface area contributed by atoms with Gasteiger partial charge in [-0.05, 0) is 28.1 Å². The maximum Gasteiger partial charge on any atom is 0.340 e. The maximum absolute atomic E-state index is 13.1. The van der Waals surface area contributed by atoms with E-state index in [2.05, 4.69) is 20.7 Å². The van der Waals surface area contributed by atoms with E-state index in [1.807, 2.05) is 0 Å². The van der Waals surface area contributed by atoms with Crippen molar-refractivity contribution in [3.63, 3.8) is 0 Å². The largest absolute Gasteiger partial charge is 0.465 e. The van der Waals surface area contributed by atoms with Gasteiger partial charge in [-0.15, -0.1) is 0 Å². The van der Waals surface area contributed by atoms with Crippen LogP contribution in [0.1, 0.15) is 10.4 Å². The number of benzene rings is 1. The summed E-state index contributed by atoms with van der Waals surface area (Å²) < 4.78 is 17.7. The van der Waals surface area contributed by atoms with Crippen LogP contribution in [0.4, 0.5) is 10.1 Å². The van der Waals surface area contributed by atoms with E-state index in [1.54, 1.807) is 0 Å². The van der Waals surface area contributed by atoms with Crippen molar-refractivity contribution < 1.29 is 13.9 Å². The predicted octanol–water partition coefficient (Wildman–Crippen LogP) is 1.96. The molecular formula is C8H7BrFNO2. The lowest BCUT2D eigenvalue weighted by Crippen LogP contribution is -2.07. The number of nitrogen functional groups attached to an aromatic ring is 1. The summed E-state index contributed by atoms with van der Waals surface area (Å²) in [5.41, 5.74) is 5.18. The number of halogens is 2. The van der Waals surface area contributed by atoms with Gasteiger partial charge in [0.15, 0.2) is 5.82 Å². The monoisotopic (exact) mass is 247 g/mol. The summed E-state index contributed by atoms with van der Waals surface area (Å²) >= 11 is 2.94. The average molecular weight is 248 g/mol. The molecule has 0 atom stereocenters. The molecule has 1 rings (SSSR count). The van der Waals surface area contributed by atoms with Gasteiger partial charge in [0.25, 0.3) is 0 Å². The highest BCUT2D eigenvalue weighted by atomic mass is 79.9. The van der Waals surface area contributed by atoms with Crippen LogP contribution in [0.2, 0.25) is 0 Å². The zero-order valence-corrected chi connectivity index (χ0v) is 8.39. The lowest BCUT2D eigenvalue weighted by Gasteiger charge is -2.05. The van der Waals surface area contributed by atoms with E-state index >= 15 is 0 Å². The highest BCUT2D eigenvalue weighted by Crippen LogP contribution is 2.24. The third kappa shape index (κ3) is 1.80. The molecule has 1 aromatic carbocycles. The fraction of sp³-hybridized carbons (Fsp3) is 0.125. The van der Waals surface area contributed by atoms with Gasteiger partial charge in [-0.25, -0.2) is 9.18 Å². The van der Waals surface area contributed by atoms with Crippen LogP contribution in [0, 0.1) is 5.82 Å².